The van der Waals surface area contributed by atoms with Gasteiger partial charge in [0.15, 0.2) is 0 Å². The molecule has 0 aromatic heterocycles. The van der Waals surface area contributed by atoms with Gasteiger partial charge in [0, 0.05) is 36.4 Å². The summed E-state index contributed by atoms with van der Waals surface area (Å²) in [7, 11) is 0. The molecule has 1 atom stereocenters. The summed E-state index contributed by atoms with van der Waals surface area (Å²) in [5.74, 6) is -0.436. The molecule has 0 saturated carbocycles. The van der Waals surface area contributed by atoms with E-state index in [9.17, 15) is 4.79 Å². The molecule has 1 saturated heterocycles. The highest BCUT2D eigenvalue weighted by Gasteiger charge is 2.20. The van der Waals surface area contributed by atoms with Crippen molar-refractivity contribution in [3.63, 3.8) is 0 Å². The Kier molecular flexibility index (Phi) is 3.54. The third-order valence-electron chi connectivity index (χ3n) is 2.93. The molecule has 1 fully saturated rings. The molecule has 1 aliphatic rings. The summed E-state index contributed by atoms with van der Waals surface area (Å²) in [6.45, 7) is 4.75. The Morgan fingerprint density at radius 1 is 1.59 bits per heavy atom. The number of anilines is 1. The quantitative estimate of drug-likeness (QED) is 0.834. The van der Waals surface area contributed by atoms with E-state index in [1.165, 1.54) is 0 Å². The average molecular weight is 254 g/mol. The lowest BCUT2D eigenvalue weighted by molar-refractivity contribution is 0.100. The highest BCUT2D eigenvalue weighted by atomic mass is 35.5. The minimum absolute atomic E-state index is 0.403. The van der Waals surface area contributed by atoms with Gasteiger partial charge < -0.3 is 16.0 Å². The van der Waals surface area contributed by atoms with E-state index < -0.39 is 5.91 Å². The number of piperazine rings is 1. The smallest absolute Gasteiger partial charge is 0.250 e. The molecule has 1 aromatic carbocycles. The number of primary amides is 1. The van der Waals surface area contributed by atoms with Crippen LogP contribution in [0.3, 0.4) is 0 Å². The molecule has 0 spiro atoms. The number of carbonyl (C=O) groups excluding carboxylic acids is 1. The molecule has 0 unspecified atom stereocenters. The predicted octanol–water partition coefficient (Wildman–Crippen LogP) is 1.24. The minimum Gasteiger partial charge on any atom is -0.368 e. The van der Waals surface area contributed by atoms with Crippen molar-refractivity contribution in [1.29, 1.82) is 0 Å². The van der Waals surface area contributed by atoms with Gasteiger partial charge in [0.2, 0.25) is 0 Å². The van der Waals surface area contributed by atoms with Gasteiger partial charge in [-0.3, -0.25) is 4.79 Å². The van der Waals surface area contributed by atoms with Crippen LogP contribution in [0.15, 0.2) is 18.2 Å². The third kappa shape index (κ3) is 2.70. The van der Waals surface area contributed by atoms with Crippen LogP contribution in [0, 0.1) is 0 Å². The van der Waals surface area contributed by atoms with Crippen LogP contribution in [0.1, 0.15) is 17.3 Å². The largest absolute Gasteiger partial charge is 0.368 e. The Balaban J connectivity index is 2.33. The normalized spacial score (nSPS) is 20.4. The lowest BCUT2D eigenvalue weighted by Gasteiger charge is -2.34. The van der Waals surface area contributed by atoms with Crippen LogP contribution >= 0.6 is 11.6 Å². The Hall–Kier alpha value is -1.26. The van der Waals surface area contributed by atoms with E-state index in [1.807, 2.05) is 6.07 Å². The molecule has 1 heterocycles. The first-order valence-electron chi connectivity index (χ1n) is 5.65. The van der Waals surface area contributed by atoms with Crippen LogP contribution < -0.4 is 16.0 Å². The van der Waals surface area contributed by atoms with E-state index in [0.717, 1.165) is 25.3 Å². The Bertz CT molecular complexity index is 436. The molecule has 5 heteroatoms. The average Bonchev–Trinajstić information content (AvgIpc) is 2.28. The summed E-state index contributed by atoms with van der Waals surface area (Å²) in [4.78, 5) is 13.6. The van der Waals surface area contributed by atoms with Crippen molar-refractivity contribution in [3.05, 3.63) is 28.8 Å². The first kappa shape index (κ1) is 12.2. The number of hydrogen-bond donors (Lipinski definition) is 2. The van der Waals surface area contributed by atoms with Gasteiger partial charge in [-0.05, 0) is 25.1 Å². The molecule has 0 aliphatic carbocycles. The fourth-order valence-corrected chi connectivity index (χ4v) is 2.30. The Morgan fingerprint density at radius 3 is 3.00 bits per heavy atom. The molecule has 92 valence electrons. The molecular formula is C12H16ClN3O. The molecule has 3 N–H and O–H groups in total. The number of rotatable bonds is 2. The van der Waals surface area contributed by atoms with E-state index in [4.69, 9.17) is 17.3 Å². The van der Waals surface area contributed by atoms with E-state index in [0.29, 0.717) is 16.6 Å². The van der Waals surface area contributed by atoms with Crippen molar-refractivity contribution in [2.75, 3.05) is 24.5 Å². The predicted molar refractivity (Wildman–Crippen MR) is 69.6 cm³/mol. The number of nitrogens with two attached hydrogens (primary N) is 1. The number of halogens is 1. The van der Waals surface area contributed by atoms with Crippen LogP contribution in [0.5, 0.6) is 0 Å². The maximum Gasteiger partial charge on any atom is 0.250 e. The van der Waals surface area contributed by atoms with Crippen molar-refractivity contribution in [2.24, 2.45) is 5.73 Å². The minimum atomic E-state index is -0.436. The lowest BCUT2D eigenvalue weighted by Crippen LogP contribution is -2.49. The molecule has 0 bridgehead atoms. The summed E-state index contributed by atoms with van der Waals surface area (Å²) in [6, 6.07) is 5.68. The zero-order valence-corrected chi connectivity index (χ0v) is 10.5. The summed E-state index contributed by atoms with van der Waals surface area (Å²) in [5.41, 5.74) is 6.75. The maximum atomic E-state index is 11.4. The molecule has 1 aliphatic heterocycles. The fourth-order valence-electron chi connectivity index (χ4n) is 2.13. The van der Waals surface area contributed by atoms with Crippen molar-refractivity contribution in [3.8, 4) is 0 Å². The van der Waals surface area contributed by atoms with E-state index in [-0.39, 0.29) is 0 Å². The number of amides is 1. The fraction of sp³-hybridized carbons (Fsp3) is 0.417. The second kappa shape index (κ2) is 4.94. The van der Waals surface area contributed by atoms with Gasteiger partial charge in [-0.1, -0.05) is 11.6 Å². The Labute approximate surface area is 106 Å². The number of hydrogen-bond acceptors (Lipinski definition) is 3. The van der Waals surface area contributed by atoms with Gasteiger partial charge in [-0.2, -0.15) is 0 Å². The highest BCUT2D eigenvalue weighted by molar-refractivity contribution is 6.31. The number of benzene rings is 1. The maximum absolute atomic E-state index is 11.4. The van der Waals surface area contributed by atoms with E-state index >= 15 is 0 Å². The van der Waals surface area contributed by atoms with Crippen molar-refractivity contribution in [1.82, 2.24) is 5.32 Å². The van der Waals surface area contributed by atoms with Gasteiger partial charge >= 0.3 is 0 Å². The number of nitrogens with zero attached hydrogens (tertiary/aromatic N) is 1. The topological polar surface area (TPSA) is 58.4 Å². The second-order valence-electron chi connectivity index (χ2n) is 4.33. The van der Waals surface area contributed by atoms with Crippen LogP contribution in [0.4, 0.5) is 5.69 Å². The Morgan fingerprint density at radius 2 is 2.35 bits per heavy atom. The van der Waals surface area contributed by atoms with E-state index in [2.05, 4.69) is 17.1 Å². The molecule has 0 radical (unpaired) electrons. The van der Waals surface area contributed by atoms with Gasteiger partial charge in [-0.15, -0.1) is 0 Å². The van der Waals surface area contributed by atoms with Gasteiger partial charge in [-0.25, -0.2) is 0 Å². The summed E-state index contributed by atoms with van der Waals surface area (Å²) >= 11 is 5.89. The lowest BCUT2D eigenvalue weighted by atomic mass is 10.1. The van der Waals surface area contributed by atoms with Crippen LogP contribution in [-0.4, -0.2) is 31.6 Å². The number of nitrogens with one attached hydrogen (secondary N) is 1. The number of carbonyl (C=O) groups is 1. The monoisotopic (exact) mass is 253 g/mol. The van der Waals surface area contributed by atoms with Gasteiger partial charge in [0.25, 0.3) is 5.91 Å². The molecule has 1 amide bonds. The van der Waals surface area contributed by atoms with Crippen LogP contribution in [0.2, 0.25) is 5.02 Å². The first-order valence-corrected chi connectivity index (χ1v) is 6.03. The molecular weight excluding hydrogens is 238 g/mol. The van der Waals surface area contributed by atoms with Crippen molar-refractivity contribution < 1.29 is 4.79 Å². The molecule has 4 nitrogen and oxygen atoms in total. The molecule has 2 rings (SSSR count). The zero-order chi connectivity index (χ0) is 12.4. The zero-order valence-electron chi connectivity index (χ0n) is 9.74. The SMILES string of the molecule is C[C@H]1CN(c2ccc(Cl)cc2C(N)=O)CCN1. The van der Waals surface area contributed by atoms with Crippen molar-refractivity contribution >= 4 is 23.2 Å². The molecule has 1 aromatic rings. The van der Waals surface area contributed by atoms with Gasteiger partial charge in [0.05, 0.1) is 5.56 Å². The van der Waals surface area contributed by atoms with Crippen LogP contribution in [0.25, 0.3) is 0 Å². The highest BCUT2D eigenvalue weighted by Crippen LogP contribution is 2.25. The second-order valence-corrected chi connectivity index (χ2v) is 4.76. The standard InChI is InChI=1S/C12H16ClN3O/c1-8-7-16(5-4-15-8)11-3-2-9(13)6-10(11)12(14)17/h2-3,6,8,15H,4-5,7H2,1H3,(H2,14,17)/t8-/m0/s1. The van der Waals surface area contributed by atoms with E-state index in [1.54, 1.807) is 12.1 Å². The van der Waals surface area contributed by atoms with Crippen LogP contribution in [-0.2, 0) is 0 Å². The van der Waals surface area contributed by atoms with Gasteiger partial charge in [0.1, 0.15) is 0 Å². The summed E-state index contributed by atoms with van der Waals surface area (Å²) < 4.78 is 0. The third-order valence-corrected chi connectivity index (χ3v) is 3.17. The van der Waals surface area contributed by atoms with Crippen molar-refractivity contribution in [2.45, 2.75) is 13.0 Å². The summed E-state index contributed by atoms with van der Waals surface area (Å²) in [5, 5.41) is 3.89. The molecule has 17 heavy (non-hydrogen) atoms. The summed E-state index contributed by atoms with van der Waals surface area (Å²) in [6.07, 6.45) is 0. The first-order chi connectivity index (χ1) is 8.08.